The van der Waals surface area contributed by atoms with Gasteiger partial charge in [-0.25, -0.2) is 13.1 Å². The first-order valence-electron chi connectivity index (χ1n) is 9.33. The third-order valence-corrected chi connectivity index (χ3v) is 5.94. The van der Waals surface area contributed by atoms with Gasteiger partial charge in [-0.05, 0) is 61.0 Å². The number of amides is 1. The highest BCUT2D eigenvalue weighted by molar-refractivity contribution is 7.89. The van der Waals surface area contributed by atoms with Crippen molar-refractivity contribution in [2.75, 3.05) is 25.6 Å². The summed E-state index contributed by atoms with van der Waals surface area (Å²) in [7, 11) is -2.15. The summed E-state index contributed by atoms with van der Waals surface area (Å²) in [4.78, 5) is 17.1. The van der Waals surface area contributed by atoms with Gasteiger partial charge in [-0.1, -0.05) is 12.1 Å². The molecule has 0 saturated carbocycles. The van der Waals surface area contributed by atoms with E-state index in [1.807, 2.05) is 43.3 Å². The fourth-order valence-corrected chi connectivity index (χ4v) is 3.86. The standard InChI is InChI=1S/C22H23N3O4S/c1-16-6-9-18(15-20(16)21-5-3-4-12-23-21)25-22(26)17-7-10-19(11-8-17)30(27,28)24-13-14-29-2/h3-12,15,24H,13-14H2,1-2H3,(H,25,26). The van der Waals surface area contributed by atoms with Crippen LogP contribution in [-0.4, -0.2) is 39.6 Å². The van der Waals surface area contributed by atoms with E-state index in [9.17, 15) is 13.2 Å². The van der Waals surface area contributed by atoms with Gasteiger partial charge in [0.25, 0.3) is 5.91 Å². The lowest BCUT2D eigenvalue weighted by Crippen LogP contribution is -2.27. The lowest BCUT2D eigenvalue weighted by molar-refractivity contribution is 0.102. The molecule has 1 aromatic heterocycles. The third kappa shape index (κ3) is 5.29. The van der Waals surface area contributed by atoms with E-state index in [4.69, 9.17) is 4.74 Å². The Labute approximate surface area is 176 Å². The van der Waals surface area contributed by atoms with Gasteiger partial charge < -0.3 is 10.1 Å². The van der Waals surface area contributed by atoms with Crippen molar-refractivity contribution in [2.24, 2.45) is 0 Å². The van der Waals surface area contributed by atoms with Gasteiger partial charge in [0.2, 0.25) is 10.0 Å². The Morgan fingerprint density at radius 1 is 1.07 bits per heavy atom. The molecule has 0 aliphatic heterocycles. The van der Waals surface area contributed by atoms with E-state index in [0.29, 0.717) is 11.3 Å². The molecule has 0 atom stereocenters. The minimum atomic E-state index is -3.64. The predicted octanol–water partition coefficient (Wildman–Crippen LogP) is 3.23. The van der Waals surface area contributed by atoms with E-state index < -0.39 is 10.0 Å². The van der Waals surface area contributed by atoms with Crippen LogP contribution in [0, 0.1) is 6.92 Å². The zero-order chi connectivity index (χ0) is 21.6. The second kappa shape index (κ2) is 9.62. The number of anilines is 1. The number of carbonyl (C=O) groups excluding carboxylic acids is 1. The number of hydrogen-bond acceptors (Lipinski definition) is 5. The van der Waals surface area contributed by atoms with Crippen molar-refractivity contribution in [2.45, 2.75) is 11.8 Å². The van der Waals surface area contributed by atoms with E-state index in [-0.39, 0.29) is 24.0 Å². The van der Waals surface area contributed by atoms with Crippen LogP contribution in [0.4, 0.5) is 5.69 Å². The molecule has 2 N–H and O–H groups in total. The summed E-state index contributed by atoms with van der Waals surface area (Å²) in [5, 5.41) is 2.85. The molecular weight excluding hydrogens is 402 g/mol. The summed E-state index contributed by atoms with van der Waals surface area (Å²) in [6, 6.07) is 17.0. The van der Waals surface area contributed by atoms with E-state index in [1.54, 1.807) is 6.20 Å². The number of nitrogens with zero attached hydrogens (tertiary/aromatic N) is 1. The van der Waals surface area contributed by atoms with Crippen LogP contribution >= 0.6 is 0 Å². The smallest absolute Gasteiger partial charge is 0.255 e. The Kier molecular flexibility index (Phi) is 6.94. The van der Waals surface area contributed by atoms with Crippen molar-refractivity contribution in [3.05, 3.63) is 78.0 Å². The lowest BCUT2D eigenvalue weighted by Gasteiger charge is -2.11. The molecule has 156 valence electrons. The van der Waals surface area contributed by atoms with Gasteiger partial charge >= 0.3 is 0 Å². The van der Waals surface area contributed by atoms with Crippen LogP contribution in [0.25, 0.3) is 11.3 Å². The van der Waals surface area contributed by atoms with Crippen molar-refractivity contribution >= 4 is 21.6 Å². The molecule has 30 heavy (non-hydrogen) atoms. The number of hydrogen-bond donors (Lipinski definition) is 2. The second-order valence-electron chi connectivity index (χ2n) is 6.61. The van der Waals surface area contributed by atoms with Crippen LogP contribution in [0.2, 0.25) is 0 Å². The fraction of sp³-hybridized carbons (Fsp3) is 0.182. The van der Waals surface area contributed by atoms with E-state index in [1.165, 1.54) is 31.4 Å². The Morgan fingerprint density at radius 3 is 2.50 bits per heavy atom. The molecule has 0 aliphatic rings. The van der Waals surface area contributed by atoms with E-state index >= 15 is 0 Å². The first-order valence-corrected chi connectivity index (χ1v) is 10.8. The molecule has 0 aliphatic carbocycles. The molecule has 0 unspecified atom stereocenters. The normalized spacial score (nSPS) is 11.3. The number of benzene rings is 2. The van der Waals surface area contributed by atoms with E-state index in [0.717, 1.165) is 16.8 Å². The van der Waals surface area contributed by atoms with Crippen molar-refractivity contribution < 1.29 is 17.9 Å². The van der Waals surface area contributed by atoms with Crippen molar-refractivity contribution in [1.82, 2.24) is 9.71 Å². The third-order valence-electron chi connectivity index (χ3n) is 4.46. The number of aromatic nitrogens is 1. The number of rotatable bonds is 8. The van der Waals surface area contributed by atoms with Gasteiger partial charge in [-0.2, -0.15) is 0 Å². The van der Waals surface area contributed by atoms with Gasteiger partial charge in [0.05, 0.1) is 17.2 Å². The molecule has 3 rings (SSSR count). The molecule has 0 saturated heterocycles. The molecule has 1 amide bonds. The molecule has 2 aromatic carbocycles. The van der Waals surface area contributed by atoms with Gasteiger partial charge in [0.1, 0.15) is 0 Å². The average Bonchev–Trinajstić information content (AvgIpc) is 2.76. The number of pyridine rings is 1. The highest BCUT2D eigenvalue weighted by atomic mass is 32.2. The number of aryl methyl sites for hydroxylation is 1. The Hall–Kier alpha value is -3.07. The molecule has 7 nitrogen and oxygen atoms in total. The molecule has 8 heteroatoms. The minimum Gasteiger partial charge on any atom is -0.383 e. The minimum absolute atomic E-state index is 0.0860. The molecular formula is C22H23N3O4S. The lowest BCUT2D eigenvalue weighted by atomic mass is 10.0. The average molecular weight is 426 g/mol. The molecule has 1 heterocycles. The summed E-state index contributed by atoms with van der Waals surface area (Å²) >= 11 is 0. The second-order valence-corrected chi connectivity index (χ2v) is 8.38. The first-order chi connectivity index (χ1) is 14.4. The number of sulfonamides is 1. The highest BCUT2D eigenvalue weighted by Gasteiger charge is 2.15. The Balaban J connectivity index is 1.74. The van der Waals surface area contributed by atoms with Crippen LogP contribution in [-0.2, 0) is 14.8 Å². The predicted molar refractivity (Wildman–Crippen MR) is 116 cm³/mol. The van der Waals surface area contributed by atoms with Gasteiger partial charge in [0, 0.05) is 36.7 Å². The first kappa shape index (κ1) is 21.6. The Morgan fingerprint density at radius 2 is 1.83 bits per heavy atom. The van der Waals surface area contributed by atoms with Crippen LogP contribution in [0.15, 0.2) is 71.8 Å². The largest absolute Gasteiger partial charge is 0.383 e. The zero-order valence-corrected chi connectivity index (χ0v) is 17.6. The highest BCUT2D eigenvalue weighted by Crippen LogP contribution is 2.25. The van der Waals surface area contributed by atoms with Crippen LogP contribution in [0.3, 0.4) is 0 Å². The van der Waals surface area contributed by atoms with Crippen LogP contribution in [0.5, 0.6) is 0 Å². The number of carbonyl (C=O) groups is 1. The van der Waals surface area contributed by atoms with Crippen molar-refractivity contribution in [1.29, 1.82) is 0 Å². The summed E-state index contributed by atoms with van der Waals surface area (Å²) in [6.45, 7) is 2.43. The molecule has 0 spiro atoms. The van der Waals surface area contributed by atoms with E-state index in [2.05, 4.69) is 15.0 Å². The molecule has 3 aromatic rings. The number of ether oxygens (including phenoxy) is 1. The maximum Gasteiger partial charge on any atom is 0.255 e. The molecule has 0 radical (unpaired) electrons. The topological polar surface area (TPSA) is 97.4 Å². The maximum absolute atomic E-state index is 12.6. The fourth-order valence-electron chi connectivity index (χ4n) is 2.85. The van der Waals surface area contributed by atoms with Crippen LogP contribution in [0.1, 0.15) is 15.9 Å². The maximum atomic E-state index is 12.6. The summed E-state index contributed by atoms with van der Waals surface area (Å²) in [5.41, 5.74) is 3.77. The van der Waals surface area contributed by atoms with Crippen LogP contribution < -0.4 is 10.0 Å². The summed E-state index contributed by atoms with van der Waals surface area (Å²) in [6.07, 6.45) is 1.72. The van der Waals surface area contributed by atoms with Gasteiger partial charge in [-0.3, -0.25) is 9.78 Å². The van der Waals surface area contributed by atoms with Crippen molar-refractivity contribution in [3.8, 4) is 11.3 Å². The number of nitrogens with one attached hydrogen (secondary N) is 2. The summed E-state index contributed by atoms with van der Waals surface area (Å²) in [5.74, 6) is -0.331. The Bertz CT molecular complexity index is 1110. The SMILES string of the molecule is COCCNS(=O)(=O)c1ccc(C(=O)Nc2ccc(C)c(-c3ccccn3)c2)cc1. The van der Waals surface area contributed by atoms with Crippen molar-refractivity contribution in [3.63, 3.8) is 0 Å². The molecule has 0 bridgehead atoms. The monoisotopic (exact) mass is 425 g/mol. The quantitative estimate of drug-likeness (QED) is 0.540. The summed E-state index contributed by atoms with van der Waals surface area (Å²) < 4.78 is 31.7. The zero-order valence-electron chi connectivity index (χ0n) is 16.8. The van der Waals surface area contributed by atoms with Gasteiger partial charge in [0.15, 0.2) is 0 Å². The molecule has 0 fully saturated rings. The van der Waals surface area contributed by atoms with Gasteiger partial charge in [-0.15, -0.1) is 0 Å². The number of methoxy groups -OCH3 is 1.